The lowest BCUT2D eigenvalue weighted by Crippen LogP contribution is -2.39. The minimum Gasteiger partial charge on any atom is -0.339 e. The van der Waals surface area contributed by atoms with Crippen molar-refractivity contribution in [3.8, 4) is 0 Å². The van der Waals surface area contributed by atoms with Crippen molar-refractivity contribution in [2.45, 2.75) is 38.6 Å². The van der Waals surface area contributed by atoms with E-state index < -0.39 is 0 Å². The number of likely N-dealkylation sites (tertiary alicyclic amines) is 1. The molecule has 0 radical (unpaired) electrons. The van der Waals surface area contributed by atoms with Gasteiger partial charge in [-0.1, -0.05) is 30.3 Å². The Labute approximate surface area is 97.3 Å². The van der Waals surface area contributed by atoms with Gasteiger partial charge in [-0.15, -0.1) is 0 Å². The number of rotatable bonds is 2. The molecule has 1 saturated heterocycles. The van der Waals surface area contributed by atoms with Gasteiger partial charge in [0, 0.05) is 12.6 Å². The molecule has 1 fully saturated rings. The molecule has 1 aliphatic heterocycles. The van der Waals surface area contributed by atoms with Crippen LogP contribution >= 0.6 is 0 Å². The normalized spacial score (nSPS) is 25.5. The van der Waals surface area contributed by atoms with E-state index in [9.17, 15) is 4.79 Å². The highest BCUT2D eigenvalue weighted by Crippen LogP contribution is 2.36. The van der Waals surface area contributed by atoms with Gasteiger partial charge in [0.25, 0.3) is 0 Å². The molecular weight excluding hydrogens is 198 g/mol. The molecule has 1 atom stereocenters. The first-order valence-corrected chi connectivity index (χ1v) is 5.92. The van der Waals surface area contributed by atoms with Gasteiger partial charge in [0.2, 0.25) is 5.91 Å². The molecule has 16 heavy (non-hydrogen) atoms. The van der Waals surface area contributed by atoms with Crippen LogP contribution in [0.2, 0.25) is 0 Å². The summed E-state index contributed by atoms with van der Waals surface area (Å²) in [7, 11) is 0. The van der Waals surface area contributed by atoms with Crippen LogP contribution in [0.5, 0.6) is 0 Å². The predicted molar refractivity (Wildman–Crippen MR) is 65.3 cm³/mol. The number of nitrogens with zero attached hydrogens (tertiary/aromatic N) is 1. The molecule has 1 amide bonds. The molecule has 1 aromatic rings. The fourth-order valence-electron chi connectivity index (χ4n) is 2.44. The Morgan fingerprint density at radius 2 is 1.88 bits per heavy atom. The predicted octanol–water partition coefficient (Wildman–Crippen LogP) is 2.59. The Morgan fingerprint density at radius 3 is 2.38 bits per heavy atom. The molecular formula is C14H19NO. The molecule has 0 spiro atoms. The molecule has 0 unspecified atom stereocenters. The molecule has 2 rings (SSSR count). The first kappa shape index (κ1) is 11.2. The fourth-order valence-corrected chi connectivity index (χ4v) is 2.44. The molecule has 0 saturated carbocycles. The Bertz CT molecular complexity index is 385. The minimum absolute atomic E-state index is 0.272. The van der Waals surface area contributed by atoms with Crippen molar-refractivity contribution < 1.29 is 4.79 Å². The van der Waals surface area contributed by atoms with E-state index in [-0.39, 0.29) is 11.3 Å². The van der Waals surface area contributed by atoms with Crippen LogP contribution in [0.4, 0.5) is 0 Å². The Balaban J connectivity index is 2.32. The minimum atomic E-state index is -0.314. The summed E-state index contributed by atoms with van der Waals surface area (Å²) in [6.45, 7) is 7.10. The zero-order valence-corrected chi connectivity index (χ0v) is 10.2. The first-order valence-electron chi connectivity index (χ1n) is 5.92. The quantitative estimate of drug-likeness (QED) is 0.745. The molecule has 86 valence electrons. The Kier molecular flexibility index (Phi) is 2.75. The van der Waals surface area contributed by atoms with E-state index >= 15 is 0 Å². The maximum absolute atomic E-state index is 12.4. The number of carbonyl (C=O) groups excluding carboxylic acids is 1. The van der Waals surface area contributed by atoms with Crippen LogP contribution in [0.25, 0.3) is 0 Å². The monoisotopic (exact) mass is 217 g/mol. The second-order valence-electron chi connectivity index (χ2n) is 5.04. The topological polar surface area (TPSA) is 20.3 Å². The highest BCUT2D eigenvalue weighted by molar-refractivity contribution is 5.90. The van der Waals surface area contributed by atoms with E-state index in [0.717, 1.165) is 18.5 Å². The van der Waals surface area contributed by atoms with Crippen LogP contribution in [0, 0.1) is 0 Å². The van der Waals surface area contributed by atoms with Gasteiger partial charge < -0.3 is 4.90 Å². The highest BCUT2D eigenvalue weighted by atomic mass is 16.2. The van der Waals surface area contributed by atoms with Gasteiger partial charge >= 0.3 is 0 Å². The van der Waals surface area contributed by atoms with E-state index in [1.807, 2.05) is 23.1 Å². The van der Waals surface area contributed by atoms with Crippen LogP contribution in [-0.4, -0.2) is 23.4 Å². The van der Waals surface area contributed by atoms with Gasteiger partial charge in [-0.25, -0.2) is 0 Å². The van der Waals surface area contributed by atoms with Gasteiger partial charge in [-0.05, 0) is 32.8 Å². The summed E-state index contributed by atoms with van der Waals surface area (Å²) in [6.07, 6.45) is 0.925. The zero-order chi connectivity index (χ0) is 11.8. The van der Waals surface area contributed by atoms with Crippen molar-refractivity contribution in [1.29, 1.82) is 0 Å². The molecule has 1 aliphatic rings. The second-order valence-corrected chi connectivity index (χ2v) is 5.04. The number of hydrogen-bond acceptors (Lipinski definition) is 1. The van der Waals surface area contributed by atoms with Gasteiger partial charge in [0.15, 0.2) is 0 Å². The van der Waals surface area contributed by atoms with Gasteiger partial charge in [0.1, 0.15) is 0 Å². The molecule has 2 heteroatoms. The lowest BCUT2D eigenvalue weighted by molar-refractivity contribution is -0.133. The van der Waals surface area contributed by atoms with Crippen LogP contribution < -0.4 is 0 Å². The second kappa shape index (κ2) is 3.93. The maximum Gasteiger partial charge on any atom is 0.233 e. The van der Waals surface area contributed by atoms with Crippen molar-refractivity contribution in [3.63, 3.8) is 0 Å². The molecule has 0 N–H and O–H groups in total. The largest absolute Gasteiger partial charge is 0.339 e. The summed E-state index contributed by atoms with van der Waals surface area (Å²) in [5, 5.41) is 0. The van der Waals surface area contributed by atoms with Gasteiger partial charge in [-0.2, -0.15) is 0 Å². The number of carbonyl (C=O) groups is 1. The van der Waals surface area contributed by atoms with E-state index in [0.29, 0.717) is 6.04 Å². The molecule has 0 bridgehead atoms. The fraction of sp³-hybridized carbons (Fsp3) is 0.500. The molecule has 2 nitrogen and oxygen atoms in total. The summed E-state index contributed by atoms with van der Waals surface area (Å²) >= 11 is 0. The molecule has 0 aliphatic carbocycles. The van der Waals surface area contributed by atoms with E-state index in [1.165, 1.54) is 0 Å². The van der Waals surface area contributed by atoms with Crippen LogP contribution in [0.1, 0.15) is 32.8 Å². The SMILES string of the molecule is CC(C)N1CC[C@@](C)(c2ccccc2)C1=O. The van der Waals surface area contributed by atoms with E-state index in [1.54, 1.807) is 0 Å². The maximum atomic E-state index is 12.4. The highest BCUT2D eigenvalue weighted by Gasteiger charge is 2.44. The number of amides is 1. The van der Waals surface area contributed by atoms with Crippen molar-refractivity contribution >= 4 is 5.91 Å². The summed E-state index contributed by atoms with van der Waals surface area (Å²) in [6, 6.07) is 10.4. The lowest BCUT2D eigenvalue weighted by Gasteiger charge is -2.26. The van der Waals surface area contributed by atoms with Crippen molar-refractivity contribution in [1.82, 2.24) is 4.90 Å². The van der Waals surface area contributed by atoms with E-state index in [2.05, 4.69) is 32.9 Å². The first-order chi connectivity index (χ1) is 7.55. The summed E-state index contributed by atoms with van der Waals surface area (Å²) in [5.74, 6) is 0.272. The molecule has 0 aromatic heterocycles. The molecule has 1 heterocycles. The van der Waals surface area contributed by atoms with Crippen molar-refractivity contribution in [2.24, 2.45) is 0 Å². The summed E-state index contributed by atoms with van der Waals surface area (Å²) in [5.41, 5.74) is 0.828. The Hall–Kier alpha value is -1.31. The summed E-state index contributed by atoms with van der Waals surface area (Å²) < 4.78 is 0. The molecule has 1 aromatic carbocycles. The smallest absolute Gasteiger partial charge is 0.233 e. The van der Waals surface area contributed by atoms with Crippen LogP contribution in [-0.2, 0) is 10.2 Å². The third-order valence-electron chi connectivity index (χ3n) is 3.62. The number of hydrogen-bond donors (Lipinski definition) is 0. The average molecular weight is 217 g/mol. The van der Waals surface area contributed by atoms with Crippen LogP contribution in [0.3, 0.4) is 0 Å². The average Bonchev–Trinajstić information content (AvgIpc) is 2.58. The van der Waals surface area contributed by atoms with Crippen molar-refractivity contribution in [3.05, 3.63) is 35.9 Å². The van der Waals surface area contributed by atoms with Gasteiger partial charge in [0.05, 0.1) is 5.41 Å². The standard InChI is InChI=1S/C14H19NO/c1-11(2)15-10-9-14(3,13(15)16)12-7-5-4-6-8-12/h4-8,11H,9-10H2,1-3H3/t14-/m0/s1. The third kappa shape index (κ3) is 1.62. The summed E-state index contributed by atoms with van der Waals surface area (Å²) in [4.78, 5) is 14.4. The van der Waals surface area contributed by atoms with Crippen molar-refractivity contribution in [2.75, 3.05) is 6.54 Å². The van der Waals surface area contributed by atoms with Crippen LogP contribution in [0.15, 0.2) is 30.3 Å². The number of benzene rings is 1. The third-order valence-corrected chi connectivity index (χ3v) is 3.62. The Morgan fingerprint density at radius 1 is 1.25 bits per heavy atom. The zero-order valence-electron chi connectivity index (χ0n) is 10.2. The van der Waals surface area contributed by atoms with E-state index in [4.69, 9.17) is 0 Å². The lowest BCUT2D eigenvalue weighted by atomic mass is 9.81. The van der Waals surface area contributed by atoms with Gasteiger partial charge in [-0.3, -0.25) is 4.79 Å².